The summed E-state index contributed by atoms with van der Waals surface area (Å²) in [5.74, 6) is -0.357. The van der Waals surface area contributed by atoms with Gasteiger partial charge in [0.15, 0.2) is 0 Å². The van der Waals surface area contributed by atoms with Gasteiger partial charge in [-0.1, -0.05) is 0 Å². The lowest BCUT2D eigenvalue weighted by molar-refractivity contribution is 0.102. The Bertz CT molecular complexity index is 699. The molecule has 0 aliphatic carbocycles. The van der Waals surface area contributed by atoms with Crippen LogP contribution in [0.25, 0.3) is 0 Å². The van der Waals surface area contributed by atoms with E-state index in [1.165, 1.54) is 12.3 Å². The number of hydrogen-bond acceptors (Lipinski definition) is 4. The monoisotopic (exact) mass is 266 g/mol. The molecule has 0 unspecified atom stereocenters. The lowest BCUT2D eigenvalue weighted by Crippen LogP contribution is -2.15. The van der Waals surface area contributed by atoms with Gasteiger partial charge in [0.25, 0.3) is 5.91 Å². The summed E-state index contributed by atoms with van der Waals surface area (Å²) in [6.07, 6.45) is 1.36. The number of nitrogens with one attached hydrogen (secondary N) is 1. The fraction of sp³-hybridized carbons (Fsp3) is 0.133. The maximum Gasteiger partial charge on any atom is 0.274 e. The molecule has 5 heteroatoms. The Morgan fingerprint density at radius 3 is 2.60 bits per heavy atom. The summed E-state index contributed by atoms with van der Waals surface area (Å²) in [6.45, 7) is 3.91. The zero-order valence-electron chi connectivity index (χ0n) is 11.3. The number of carbonyl (C=O) groups is 1. The van der Waals surface area contributed by atoms with Gasteiger partial charge in [0, 0.05) is 6.20 Å². The highest BCUT2D eigenvalue weighted by atomic mass is 16.1. The molecule has 20 heavy (non-hydrogen) atoms. The Hall–Kier alpha value is -2.87. The first-order chi connectivity index (χ1) is 9.51. The summed E-state index contributed by atoms with van der Waals surface area (Å²) in [4.78, 5) is 16.0. The molecule has 3 N–H and O–H groups in total. The highest BCUT2D eigenvalue weighted by Gasteiger charge is 2.10. The molecule has 0 aliphatic rings. The minimum absolute atomic E-state index is 0.238. The Morgan fingerprint density at radius 1 is 1.30 bits per heavy atom. The molecule has 5 nitrogen and oxygen atoms in total. The van der Waals surface area contributed by atoms with Crippen molar-refractivity contribution in [3.63, 3.8) is 0 Å². The molecule has 0 aliphatic heterocycles. The zero-order chi connectivity index (χ0) is 14.7. The lowest BCUT2D eigenvalue weighted by Gasteiger charge is -2.10. The van der Waals surface area contributed by atoms with E-state index < -0.39 is 0 Å². The van der Waals surface area contributed by atoms with Gasteiger partial charge in [-0.2, -0.15) is 5.26 Å². The number of aromatic nitrogens is 1. The van der Waals surface area contributed by atoms with Crippen LogP contribution in [0.1, 0.15) is 27.2 Å². The third-order valence-corrected chi connectivity index (χ3v) is 3.04. The molecule has 0 fully saturated rings. The highest BCUT2D eigenvalue weighted by molar-refractivity contribution is 6.04. The van der Waals surface area contributed by atoms with Gasteiger partial charge in [-0.3, -0.25) is 4.79 Å². The summed E-state index contributed by atoms with van der Waals surface area (Å²) in [5.41, 5.74) is 9.71. The van der Waals surface area contributed by atoms with Crippen LogP contribution in [0.15, 0.2) is 30.5 Å². The van der Waals surface area contributed by atoms with Crippen molar-refractivity contribution < 1.29 is 4.79 Å². The molecule has 2 rings (SSSR count). The first kappa shape index (κ1) is 13.6. The Morgan fingerprint density at radius 2 is 2.00 bits per heavy atom. The van der Waals surface area contributed by atoms with E-state index >= 15 is 0 Å². The Balaban J connectivity index is 2.23. The van der Waals surface area contributed by atoms with Gasteiger partial charge in [-0.15, -0.1) is 0 Å². The van der Waals surface area contributed by atoms with E-state index in [2.05, 4.69) is 10.3 Å². The summed E-state index contributed by atoms with van der Waals surface area (Å²) >= 11 is 0. The molecule has 0 spiro atoms. The van der Waals surface area contributed by atoms with Crippen LogP contribution in [0, 0.1) is 25.2 Å². The van der Waals surface area contributed by atoms with Crippen molar-refractivity contribution in [1.82, 2.24) is 4.98 Å². The summed E-state index contributed by atoms with van der Waals surface area (Å²) in [6, 6.07) is 8.65. The molecule has 1 aromatic heterocycles. The Kier molecular flexibility index (Phi) is 3.67. The number of nitrogens with two attached hydrogens (primary N) is 1. The topological polar surface area (TPSA) is 91.8 Å². The van der Waals surface area contributed by atoms with Crippen LogP contribution in [0.3, 0.4) is 0 Å². The first-order valence-corrected chi connectivity index (χ1v) is 6.05. The molecule has 0 radical (unpaired) electrons. The number of pyridine rings is 1. The van der Waals surface area contributed by atoms with E-state index in [-0.39, 0.29) is 11.6 Å². The van der Waals surface area contributed by atoms with Gasteiger partial charge in [0.2, 0.25) is 0 Å². The Labute approximate surface area is 117 Å². The fourth-order valence-electron chi connectivity index (χ4n) is 1.73. The van der Waals surface area contributed by atoms with Crippen LogP contribution >= 0.6 is 0 Å². The van der Waals surface area contributed by atoms with Crippen LogP contribution in [-0.2, 0) is 0 Å². The van der Waals surface area contributed by atoms with Gasteiger partial charge >= 0.3 is 0 Å². The van der Waals surface area contributed by atoms with Crippen molar-refractivity contribution in [2.75, 3.05) is 11.1 Å². The van der Waals surface area contributed by atoms with Crippen LogP contribution < -0.4 is 11.1 Å². The van der Waals surface area contributed by atoms with E-state index in [1.807, 2.05) is 32.0 Å². The average Bonchev–Trinajstić information content (AvgIpc) is 2.44. The van der Waals surface area contributed by atoms with Gasteiger partial charge in [-0.05, 0) is 49.2 Å². The first-order valence-electron chi connectivity index (χ1n) is 6.05. The fourth-order valence-corrected chi connectivity index (χ4v) is 1.73. The van der Waals surface area contributed by atoms with Crippen molar-refractivity contribution in [2.24, 2.45) is 0 Å². The van der Waals surface area contributed by atoms with E-state index in [1.54, 1.807) is 6.07 Å². The number of anilines is 2. The van der Waals surface area contributed by atoms with Crippen LogP contribution in [0.2, 0.25) is 0 Å². The second-order valence-corrected chi connectivity index (χ2v) is 4.52. The highest BCUT2D eigenvalue weighted by Crippen LogP contribution is 2.23. The number of amides is 1. The van der Waals surface area contributed by atoms with E-state index in [9.17, 15) is 4.79 Å². The number of rotatable bonds is 2. The largest absolute Gasteiger partial charge is 0.397 e. The van der Waals surface area contributed by atoms with Gasteiger partial charge < -0.3 is 11.1 Å². The van der Waals surface area contributed by atoms with Crippen LogP contribution in [0.4, 0.5) is 11.4 Å². The van der Waals surface area contributed by atoms with E-state index in [0.717, 1.165) is 11.1 Å². The number of benzene rings is 1. The second-order valence-electron chi connectivity index (χ2n) is 4.52. The number of nitrogens with zero attached hydrogens (tertiary/aromatic N) is 2. The maximum atomic E-state index is 12.1. The smallest absolute Gasteiger partial charge is 0.274 e. The molecule has 2 aromatic rings. The standard InChI is InChI=1S/C15H14N4O/c1-9-5-12(17)14(6-10(9)2)19-15(20)13-4-3-11(7-16)8-18-13/h3-6,8H,17H2,1-2H3,(H,19,20). The zero-order valence-corrected chi connectivity index (χ0v) is 11.3. The molecule has 1 aromatic carbocycles. The van der Waals surface area contributed by atoms with Crippen LogP contribution in [0.5, 0.6) is 0 Å². The number of nitrogen functional groups attached to an aromatic ring is 1. The molecular weight excluding hydrogens is 252 g/mol. The maximum absolute atomic E-state index is 12.1. The minimum atomic E-state index is -0.357. The van der Waals surface area contributed by atoms with Crippen molar-refractivity contribution >= 4 is 17.3 Å². The minimum Gasteiger partial charge on any atom is -0.397 e. The molecule has 1 amide bonds. The second kappa shape index (κ2) is 5.41. The van der Waals surface area contributed by atoms with E-state index in [4.69, 9.17) is 11.0 Å². The average molecular weight is 266 g/mol. The third kappa shape index (κ3) is 2.75. The number of nitriles is 1. The third-order valence-electron chi connectivity index (χ3n) is 3.04. The van der Waals surface area contributed by atoms with Crippen molar-refractivity contribution in [3.8, 4) is 6.07 Å². The molecule has 0 saturated carbocycles. The van der Waals surface area contributed by atoms with Gasteiger partial charge in [0.1, 0.15) is 11.8 Å². The van der Waals surface area contributed by atoms with Crippen molar-refractivity contribution in [1.29, 1.82) is 5.26 Å². The summed E-state index contributed by atoms with van der Waals surface area (Å²) < 4.78 is 0. The van der Waals surface area contributed by atoms with Crippen molar-refractivity contribution in [3.05, 3.63) is 52.8 Å². The summed E-state index contributed by atoms with van der Waals surface area (Å²) in [7, 11) is 0. The SMILES string of the molecule is Cc1cc(N)c(NC(=O)c2ccc(C#N)cn2)cc1C. The van der Waals surface area contributed by atoms with Gasteiger partial charge in [0.05, 0.1) is 16.9 Å². The van der Waals surface area contributed by atoms with Gasteiger partial charge in [-0.25, -0.2) is 4.98 Å². The lowest BCUT2D eigenvalue weighted by atomic mass is 10.1. The molecule has 1 heterocycles. The predicted molar refractivity (Wildman–Crippen MR) is 77.2 cm³/mol. The molecule has 0 atom stereocenters. The normalized spacial score (nSPS) is 9.85. The molecule has 100 valence electrons. The molecule has 0 saturated heterocycles. The number of carbonyl (C=O) groups excluding carboxylic acids is 1. The molecular formula is C15H14N4O. The van der Waals surface area contributed by atoms with E-state index in [0.29, 0.717) is 16.9 Å². The quantitative estimate of drug-likeness (QED) is 0.816. The summed E-state index contributed by atoms with van der Waals surface area (Å²) in [5, 5.41) is 11.4. The molecule has 0 bridgehead atoms. The number of aryl methyl sites for hydroxylation is 2. The van der Waals surface area contributed by atoms with Crippen molar-refractivity contribution in [2.45, 2.75) is 13.8 Å². The van der Waals surface area contributed by atoms with Crippen LogP contribution in [-0.4, -0.2) is 10.9 Å². The predicted octanol–water partition coefficient (Wildman–Crippen LogP) is 2.40. The number of hydrogen-bond donors (Lipinski definition) is 2.